The predicted octanol–water partition coefficient (Wildman–Crippen LogP) is 3.27. The molecular formula is C16H17F2N3O. The highest BCUT2D eigenvalue weighted by Crippen LogP contribution is 2.47. The summed E-state index contributed by atoms with van der Waals surface area (Å²) in [5, 5.41) is 7.97. The smallest absolute Gasteiger partial charge is 0.387 e. The van der Waals surface area contributed by atoms with E-state index in [0.717, 1.165) is 24.1 Å². The maximum atomic E-state index is 12.2. The van der Waals surface area contributed by atoms with Crippen molar-refractivity contribution in [1.29, 1.82) is 0 Å². The standard InChI is InChI=1S/C16H17F2N3O/c17-16(18)22-12-7-5-11(6-8-12)14(10-3-4-10)15(19)13-2-1-9-20-21-13/h1-2,5-10,14-16H,3-4,19H2/t14-,15?/m1/s1. The Morgan fingerprint density at radius 3 is 2.41 bits per heavy atom. The second-order valence-electron chi connectivity index (χ2n) is 5.49. The highest BCUT2D eigenvalue weighted by molar-refractivity contribution is 5.32. The lowest BCUT2D eigenvalue weighted by Crippen LogP contribution is -2.22. The summed E-state index contributed by atoms with van der Waals surface area (Å²) in [4.78, 5) is 0. The summed E-state index contributed by atoms with van der Waals surface area (Å²) in [5.41, 5.74) is 8.14. The molecule has 2 atom stereocenters. The number of hydrogen-bond acceptors (Lipinski definition) is 4. The lowest BCUT2D eigenvalue weighted by molar-refractivity contribution is -0.0498. The first-order chi connectivity index (χ1) is 10.6. The fourth-order valence-electron chi connectivity index (χ4n) is 2.77. The van der Waals surface area contributed by atoms with Crippen molar-refractivity contribution in [3.05, 3.63) is 53.9 Å². The second kappa shape index (κ2) is 6.36. The van der Waals surface area contributed by atoms with Crippen molar-refractivity contribution in [3.8, 4) is 5.75 Å². The van der Waals surface area contributed by atoms with Gasteiger partial charge in [-0.2, -0.15) is 19.0 Å². The Kier molecular flexibility index (Phi) is 4.29. The van der Waals surface area contributed by atoms with Gasteiger partial charge in [0.2, 0.25) is 0 Å². The number of ether oxygens (including phenoxy) is 1. The van der Waals surface area contributed by atoms with Gasteiger partial charge in [0, 0.05) is 12.1 Å². The van der Waals surface area contributed by atoms with Gasteiger partial charge >= 0.3 is 6.61 Å². The molecule has 1 heterocycles. The lowest BCUT2D eigenvalue weighted by atomic mass is 9.86. The molecule has 3 rings (SSSR count). The van der Waals surface area contributed by atoms with Gasteiger partial charge in [0.25, 0.3) is 0 Å². The fraction of sp³-hybridized carbons (Fsp3) is 0.375. The number of hydrogen-bond donors (Lipinski definition) is 1. The summed E-state index contributed by atoms with van der Waals surface area (Å²) in [6, 6.07) is 10.1. The highest BCUT2D eigenvalue weighted by Gasteiger charge is 2.37. The minimum atomic E-state index is -2.81. The molecule has 1 fully saturated rings. The zero-order chi connectivity index (χ0) is 15.5. The zero-order valence-electron chi connectivity index (χ0n) is 11.9. The molecule has 1 aliphatic rings. The van der Waals surface area contributed by atoms with Gasteiger partial charge in [0.1, 0.15) is 5.75 Å². The first-order valence-corrected chi connectivity index (χ1v) is 7.23. The van der Waals surface area contributed by atoms with Crippen LogP contribution in [-0.2, 0) is 0 Å². The van der Waals surface area contributed by atoms with Crippen LogP contribution < -0.4 is 10.5 Å². The molecule has 0 radical (unpaired) electrons. The third-order valence-corrected chi connectivity index (χ3v) is 3.94. The molecule has 0 amide bonds. The van der Waals surface area contributed by atoms with E-state index in [0.29, 0.717) is 5.92 Å². The molecule has 1 unspecified atom stereocenters. The van der Waals surface area contributed by atoms with Crippen LogP contribution in [0, 0.1) is 5.92 Å². The maximum Gasteiger partial charge on any atom is 0.387 e. The molecule has 1 aromatic carbocycles. The van der Waals surface area contributed by atoms with E-state index in [-0.39, 0.29) is 17.7 Å². The third kappa shape index (κ3) is 3.39. The monoisotopic (exact) mass is 305 g/mol. The molecule has 2 N–H and O–H groups in total. The number of halogens is 2. The van der Waals surface area contributed by atoms with Crippen LogP contribution in [-0.4, -0.2) is 16.8 Å². The SMILES string of the molecule is NC(c1cccnn1)[C@@H](c1ccc(OC(F)F)cc1)C1CC1. The molecular weight excluding hydrogens is 288 g/mol. The fourth-order valence-corrected chi connectivity index (χ4v) is 2.77. The van der Waals surface area contributed by atoms with Crippen LogP contribution in [0.1, 0.15) is 36.1 Å². The molecule has 116 valence electrons. The van der Waals surface area contributed by atoms with Gasteiger partial charge in [0.15, 0.2) is 0 Å². The Labute approximate surface area is 127 Å². The Morgan fingerprint density at radius 1 is 1.14 bits per heavy atom. The first kappa shape index (κ1) is 14.8. The topological polar surface area (TPSA) is 61.0 Å². The van der Waals surface area contributed by atoms with Crippen molar-refractivity contribution >= 4 is 0 Å². The molecule has 0 aliphatic heterocycles. The summed E-state index contributed by atoms with van der Waals surface area (Å²) in [5.74, 6) is 0.762. The first-order valence-electron chi connectivity index (χ1n) is 7.23. The molecule has 1 saturated carbocycles. The van der Waals surface area contributed by atoms with Gasteiger partial charge in [-0.25, -0.2) is 0 Å². The van der Waals surface area contributed by atoms with Crippen LogP contribution in [0.5, 0.6) is 5.75 Å². The Balaban J connectivity index is 1.82. The van der Waals surface area contributed by atoms with Crippen molar-refractivity contribution in [2.24, 2.45) is 11.7 Å². The van der Waals surface area contributed by atoms with Crippen LogP contribution in [0.15, 0.2) is 42.6 Å². The zero-order valence-corrected chi connectivity index (χ0v) is 11.9. The van der Waals surface area contributed by atoms with E-state index >= 15 is 0 Å². The summed E-state index contributed by atoms with van der Waals surface area (Å²) < 4.78 is 28.8. The molecule has 0 spiro atoms. The van der Waals surface area contributed by atoms with Crippen molar-refractivity contribution < 1.29 is 13.5 Å². The van der Waals surface area contributed by atoms with E-state index in [1.807, 2.05) is 12.1 Å². The number of nitrogens with two attached hydrogens (primary N) is 1. The summed E-state index contributed by atoms with van der Waals surface area (Å²) in [6.07, 6.45) is 3.85. The van der Waals surface area contributed by atoms with Gasteiger partial charge in [-0.15, -0.1) is 0 Å². The van der Waals surface area contributed by atoms with E-state index in [2.05, 4.69) is 14.9 Å². The average molecular weight is 305 g/mol. The minimum absolute atomic E-state index is 0.109. The molecule has 4 nitrogen and oxygen atoms in total. The van der Waals surface area contributed by atoms with Crippen LogP contribution in [0.3, 0.4) is 0 Å². The van der Waals surface area contributed by atoms with E-state index in [9.17, 15) is 8.78 Å². The molecule has 0 saturated heterocycles. The molecule has 0 bridgehead atoms. The molecule has 22 heavy (non-hydrogen) atoms. The highest BCUT2D eigenvalue weighted by atomic mass is 19.3. The lowest BCUT2D eigenvalue weighted by Gasteiger charge is -2.23. The minimum Gasteiger partial charge on any atom is -0.435 e. The number of benzene rings is 1. The maximum absolute atomic E-state index is 12.2. The van der Waals surface area contributed by atoms with Crippen molar-refractivity contribution in [1.82, 2.24) is 10.2 Å². The van der Waals surface area contributed by atoms with E-state index in [1.54, 1.807) is 30.5 Å². The van der Waals surface area contributed by atoms with Crippen molar-refractivity contribution in [2.45, 2.75) is 31.4 Å². The van der Waals surface area contributed by atoms with Gasteiger partial charge in [0.05, 0.1) is 11.7 Å². The molecule has 1 aliphatic carbocycles. The summed E-state index contributed by atoms with van der Waals surface area (Å²) >= 11 is 0. The van der Waals surface area contributed by atoms with Crippen LogP contribution >= 0.6 is 0 Å². The van der Waals surface area contributed by atoms with E-state index < -0.39 is 6.61 Å². The number of nitrogens with zero attached hydrogens (tertiary/aromatic N) is 2. The Morgan fingerprint density at radius 2 is 1.86 bits per heavy atom. The summed E-state index contributed by atoms with van der Waals surface area (Å²) in [6.45, 7) is -2.81. The van der Waals surface area contributed by atoms with Crippen LogP contribution in [0.2, 0.25) is 0 Å². The summed E-state index contributed by atoms with van der Waals surface area (Å²) in [7, 11) is 0. The Hall–Kier alpha value is -2.08. The normalized spacial score (nSPS) is 17.3. The third-order valence-electron chi connectivity index (χ3n) is 3.94. The number of rotatable bonds is 6. The molecule has 1 aromatic heterocycles. The Bertz CT molecular complexity index is 603. The van der Waals surface area contributed by atoms with Crippen molar-refractivity contribution in [3.63, 3.8) is 0 Å². The number of alkyl halides is 2. The molecule has 6 heteroatoms. The van der Waals surface area contributed by atoms with Gasteiger partial charge < -0.3 is 10.5 Å². The second-order valence-corrected chi connectivity index (χ2v) is 5.49. The predicted molar refractivity (Wildman–Crippen MR) is 77.5 cm³/mol. The van der Waals surface area contributed by atoms with E-state index in [4.69, 9.17) is 5.73 Å². The van der Waals surface area contributed by atoms with Gasteiger partial charge in [-0.3, -0.25) is 0 Å². The van der Waals surface area contributed by atoms with Gasteiger partial charge in [-0.05, 0) is 48.6 Å². The van der Waals surface area contributed by atoms with Crippen LogP contribution in [0.4, 0.5) is 8.78 Å². The van der Waals surface area contributed by atoms with Crippen LogP contribution in [0.25, 0.3) is 0 Å². The number of aromatic nitrogens is 2. The molecule has 2 aromatic rings. The van der Waals surface area contributed by atoms with E-state index in [1.165, 1.54) is 0 Å². The van der Waals surface area contributed by atoms with Gasteiger partial charge in [-0.1, -0.05) is 12.1 Å². The average Bonchev–Trinajstić information content (AvgIpc) is 3.34. The quantitative estimate of drug-likeness (QED) is 0.889. The largest absolute Gasteiger partial charge is 0.435 e. The van der Waals surface area contributed by atoms with Crippen molar-refractivity contribution in [2.75, 3.05) is 0 Å².